The molecule has 0 aromatic heterocycles. The van der Waals surface area contributed by atoms with Crippen molar-refractivity contribution in [2.45, 2.75) is 0 Å². The predicted molar refractivity (Wildman–Crippen MR) is 28.2 cm³/mol. The Morgan fingerprint density at radius 1 is 0.667 bits per heavy atom. The summed E-state index contributed by atoms with van der Waals surface area (Å²) in [6, 6.07) is 0. The third-order valence-corrected chi connectivity index (χ3v) is 0. The van der Waals surface area contributed by atoms with E-state index in [2.05, 4.69) is 0 Å². The second kappa shape index (κ2) is 17.6. The fourth-order valence-electron chi connectivity index (χ4n) is 0. The van der Waals surface area contributed by atoms with Gasteiger partial charge in [-0.2, -0.15) is 0 Å². The van der Waals surface area contributed by atoms with Gasteiger partial charge in [-0.1, -0.05) is 0 Å². The molecule has 0 aromatic carbocycles. The topological polar surface area (TPSA) is 224 Å². The Labute approximate surface area is 117 Å². The summed E-state index contributed by atoms with van der Waals surface area (Å²) in [5, 5.41) is 0. The third-order valence-electron chi connectivity index (χ3n) is 0. The molecule has 0 rings (SSSR count). The predicted octanol–water partition coefficient (Wildman–Crippen LogP) is -4.33. The molecule has 4 N–H and O–H groups in total. The van der Waals surface area contributed by atoms with Crippen molar-refractivity contribution < 1.29 is 96.3 Å². The van der Waals surface area contributed by atoms with Crippen LogP contribution in [0.4, 0.5) is 0 Å². The second-order valence-electron chi connectivity index (χ2n) is 0.816. The van der Waals surface area contributed by atoms with Crippen LogP contribution < -0.4 is 0 Å². The molecule has 0 fully saturated rings. The van der Waals surface area contributed by atoms with E-state index in [0.29, 0.717) is 0 Å². The third kappa shape index (κ3) is 1900. The van der Waals surface area contributed by atoms with Crippen molar-refractivity contribution in [3.05, 3.63) is 0 Å². The molecule has 0 spiro atoms. The summed E-state index contributed by atoms with van der Waals surface area (Å²) in [5.41, 5.74) is 0. The molecule has 2 radical (unpaired) electrons. The quantitative estimate of drug-likeness (QED) is 0.219. The van der Waals surface area contributed by atoms with Gasteiger partial charge in [0.05, 0.1) is 0 Å². The molecule has 0 bridgehead atoms. The standard InChI is InChI=1S/Co.Mn.Ni.2H2O4S.2H2O/c;;;2*1-5(2,3)4;;/h;;;2*(H2,1,2,3,4);2*1H2/q2*+2;;;;;/p-4. The fourth-order valence-corrected chi connectivity index (χ4v) is 0. The van der Waals surface area contributed by atoms with E-state index in [-0.39, 0.29) is 61.3 Å². The molecule has 0 amide bonds. The van der Waals surface area contributed by atoms with Gasteiger partial charge in [0.15, 0.2) is 0 Å². The van der Waals surface area contributed by atoms with E-state index in [4.69, 9.17) is 35.0 Å². The number of hydrogen-bond acceptors (Lipinski definition) is 8. The maximum atomic E-state index is 8.52. The first-order valence-electron chi connectivity index (χ1n) is 1.33. The summed E-state index contributed by atoms with van der Waals surface area (Å²) in [4.78, 5) is 0. The first-order chi connectivity index (χ1) is 4.00. The average Bonchev–Trinajstić information content (AvgIpc) is 1.12. The van der Waals surface area contributed by atoms with Gasteiger partial charge in [0, 0.05) is 37.3 Å². The van der Waals surface area contributed by atoms with Crippen molar-refractivity contribution in [2.24, 2.45) is 0 Å². The molecule has 15 heavy (non-hydrogen) atoms. The van der Waals surface area contributed by atoms with Gasteiger partial charge in [0.2, 0.25) is 0 Å². The van der Waals surface area contributed by atoms with Gasteiger partial charge in [-0.15, -0.1) is 0 Å². The Balaban J connectivity index is -0.0000000128. The van der Waals surface area contributed by atoms with Gasteiger partial charge in [-0.3, -0.25) is 16.8 Å². The number of hydrogen-bond donors (Lipinski definition) is 0. The summed E-state index contributed by atoms with van der Waals surface area (Å²) < 4.78 is 68.2. The molecule has 0 unspecified atom stereocenters. The van der Waals surface area contributed by atoms with Crippen LogP contribution in [-0.2, 0) is 71.1 Å². The molecular weight excluding hydrogens is 397 g/mol. The number of rotatable bonds is 0. The minimum Gasteiger partial charge on any atom is -0.759 e. The summed E-state index contributed by atoms with van der Waals surface area (Å²) >= 11 is 0. The van der Waals surface area contributed by atoms with Crippen LogP contribution in [0.2, 0.25) is 0 Å². The second-order valence-corrected chi connectivity index (χ2v) is 2.45. The maximum Gasteiger partial charge on any atom is 2.00 e. The van der Waals surface area contributed by atoms with E-state index < -0.39 is 20.8 Å². The van der Waals surface area contributed by atoms with Crippen LogP contribution in [0.25, 0.3) is 0 Å². The van der Waals surface area contributed by atoms with E-state index in [1.165, 1.54) is 0 Å². The Morgan fingerprint density at radius 2 is 0.667 bits per heavy atom. The average molecular weight is 401 g/mol. The van der Waals surface area contributed by atoms with Crippen molar-refractivity contribution in [1.29, 1.82) is 0 Å². The molecule has 0 atom stereocenters. The van der Waals surface area contributed by atoms with E-state index >= 15 is 0 Å². The van der Waals surface area contributed by atoms with Crippen LogP contribution in [0.5, 0.6) is 0 Å². The molecule has 0 saturated heterocycles. The van der Waals surface area contributed by atoms with E-state index in [0.717, 1.165) is 0 Å². The minimum absolute atomic E-state index is 0. The summed E-state index contributed by atoms with van der Waals surface area (Å²) in [6.45, 7) is 0. The molecule has 0 aliphatic carbocycles. The molecule has 0 aliphatic heterocycles. The molecule has 10 nitrogen and oxygen atoms in total. The Bertz CT molecular complexity index is 220. The zero-order valence-corrected chi connectivity index (χ0v) is 11.0. The zero-order valence-electron chi connectivity index (χ0n) is 6.11. The molecule has 0 aromatic rings. The monoisotopic (exact) mass is 400 g/mol. The molecule has 102 valence electrons. The summed E-state index contributed by atoms with van der Waals surface area (Å²) in [7, 11) is -10.3. The van der Waals surface area contributed by atoms with Crippen molar-refractivity contribution in [2.75, 3.05) is 0 Å². The minimum atomic E-state index is -5.17. The van der Waals surface area contributed by atoms with Gasteiger partial charge in [0.1, 0.15) is 0 Å². The maximum absolute atomic E-state index is 8.52. The van der Waals surface area contributed by atoms with Crippen molar-refractivity contribution in [3.8, 4) is 0 Å². The van der Waals surface area contributed by atoms with Crippen molar-refractivity contribution in [1.82, 2.24) is 0 Å². The van der Waals surface area contributed by atoms with Crippen LogP contribution in [0.3, 0.4) is 0 Å². The molecular formula is H4CoMnNiO10S2. The van der Waals surface area contributed by atoms with Crippen LogP contribution in [0.15, 0.2) is 0 Å². The molecule has 15 heteroatoms. The van der Waals surface area contributed by atoms with Crippen molar-refractivity contribution >= 4 is 20.8 Å². The largest absolute Gasteiger partial charge is 2.00 e. The molecule has 0 saturated carbocycles. The smallest absolute Gasteiger partial charge is 0.759 e. The Kier molecular flexibility index (Phi) is 51.8. The van der Waals surface area contributed by atoms with Gasteiger partial charge >= 0.3 is 33.8 Å². The fraction of sp³-hybridized carbons (Fsp3) is 0. The molecule has 0 heterocycles. The summed E-state index contributed by atoms with van der Waals surface area (Å²) in [6.07, 6.45) is 0. The van der Waals surface area contributed by atoms with Crippen LogP contribution in [0.1, 0.15) is 0 Å². The first kappa shape index (κ1) is 44.2. The van der Waals surface area contributed by atoms with Gasteiger partial charge in [-0.25, -0.2) is 0 Å². The van der Waals surface area contributed by atoms with Crippen LogP contribution >= 0.6 is 0 Å². The summed E-state index contributed by atoms with van der Waals surface area (Å²) in [5.74, 6) is 0. The van der Waals surface area contributed by atoms with Gasteiger partial charge < -0.3 is 29.2 Å². The zero-order chi connectivity index (χ0) is 9.00. The van der Waals surface area contributed by atoms with Crippen molar-refractivity contribution in [3.63, 3.8) is 0 Å². The van der Waals surface area contributed by atoms with Gasteiger partial charge in [0.25, 0.3) is 0 Å². The van der Waals surface area contributed by atoms with Crippen LogP contribution in [0, 0.1) is 0 Å². The van der Waals surface area contributed by atoms with E-state index in [9.17, 15) is 0 Å². The van der Waals surface area contributed by atoms with E-state index in [1.54, 1.807) is 0 Å². The van der Waals surface area contributed by atoms with E-state index in [1.807, 2.05) is 0 Å². The van der Waals surface area contributed by atoms with Gasteiger partial charge in [-0.05, 0) is 0 Å². The molecule has 0 aliphatic rings. The normalized spacial score (nSPS) is 7.73. The first-order valence-corrected chi connectivity index (χ1v) is 4.00. The Morgan fingerprint density at radius 3 is 0.667 bits per heavy atom. The Hall–Kier alpha value is 1.18. The van der Waals surface area contributed by atoms with Crippen LogP contribution in [-0.4, -0.2) is 46.0 Å². The SMILES string of the molecule is O.O.O=S(=O)([O-])[O-].O=S(=O)([O-])[O-].[Co+2].[Mn+2].[Ni].